The van der Waals surface area contributed by atoms with E-state index in [1.165, 1.54) is 4.90 Å². The molecular formula is C23H25N3O4. The first-order valence-corrected chi connectivity index (χ1v) is 10.0. The highest BCUT2D eigenvalue weighted by Gasteiger charge is 2.40. The standard InChI is InChI=1S/C23H25N3O4/c1-29-19-10-6-5-9-18(19)20-21(24-17-7-3-2-4-8-17)23(28)26(22(20)27)12-11-25-13-15-30-16-14-25/h2-10,24H,11-16H2,1H3. The molecule has 0 aromatic heterocycles. The predicted molar refractivity (Wildman–Crippen MR) is 114 cm³/mol. The van der Waals surface area contributed by atoms with E-state index in [-0.39, 0.29) is 17.5 Å². The summed E-state index contributed by atoms with van der Waals surface area (Å²) < 4.78 is 10.8. The van der Waals surface area contributed by atoms with Crippen molar-refractivity contribution in [1.29, 1.82) is 0 Å². The predicted octanol–water partition coefficient (Wildman–Crippen LogP) is 2.22. The lowest BCUT2D eigenvalue weighted by atomic mass is 10.0. The number of hydrogen-bond donors (Lipinski definition) is 1. The van der Waals surface area contributed by atoms with Gasteiger partial charge in [-0.05, 0) is 18.2 Å². The van der Waals surface area contributed by atoms with Gasteiger partial charge in [0.25, 0.3) is 11.8 Å². The zero-order valence-corrected chi connectivity index (χ0v) is 17.0. The number of nitrogens with zero attached hydrogens (tertiary/aromatic N) is 2. The highest BCUT2D eigenvalue weighted by Crippen LogP contribution is 2.35. The van der Waals surface area contributed by atoms with Gasteiger partial charge in [-0.3, -0.25) is 19.4 Å². The average molecular weight is 407 g/mol. The van der Waals surface area contributed by atoms with E-state index in [0.717, 1.165) is 18.8 Å². The number of imide groups is 1. The van der Waals surface area contributed by atoms with Gasteiger partial charge in [0.2, 0.25) is 0 Å². The third-order valence-corrected chi connectivity index (χ3v) is 5.33. The van der Waals surface area contributed by atoms with Crippen LogP contribution in [0.2, 0.25) is 0 Å². The Hall–Kier alpha value is -3.16. The molecule has 0 spiro atoms. The molecular weight excluding hydrogens is 382 g/mol. The van der Waals surface area contributed by atoms with E-state index in [0.29, 0.717) is 43.2 Å². The topological polar surface area (TPSA) is 71.1 Å². The maximum Gasteiger partial charge on any atom is 0.278 e. The Kier molecular flexibility index (Phi) is 6.11. The van der Waals surface area contributed by atoms with E-state index in [4.69, 9.17) is 9.47 Å². The van der Waals surface area contributed by atoms with Crippen LogP contribution in [0.3, 0.4) is 0 Å². The Morgan fingerprint density at radius 3 is 2.37 bits per heavy atom. The third kappa shape index (κ3) is 4.08. The van der Waals surface area contributed by atoms with Crippen molar-refractivity contribution in [2.75, 3.05) is 51.8 Å². The van der Waals surface area contributed by atoms with Crippen LogP contribution in [0.5, 0.6) is 5.75 Å². The Labute approximate surface area is 175 Å². The number of ether oxygens (including phenoxy) is 2. The molecule has 0 bridgehead atoms. The van der Waals surface area contributed by atoms with Gasteiger partial charge < -0.3 is 14.8 Å². The van der Waals surface area contributed by atoms with Crippen LogP contribution in [-0.4, -0.2) is 68.1 Å². The SMILES string of the molecule is COc1ccccc1C1=C(Nc2ccccc2)C(=O)N(CCN2CCOCC2)C1=O. The molecule has 4 rings (SSSR count). The molecule has 0 radical (unpaired) electrons. The number of nitrogens with one attached hydrogen (secondary N) is 1. The van der Waals surface area contributed by atoms with Crippen LogP contribution >= 0.6 is 0 Å². The molecule has 0 saturated carbocycles. The maximum atomic E-state index is 13.4. The van der Waals surface area contributed by atoms with E-state index in [1.807, 2.05) is 42.5 Å². The summed E-state index contributed by atoms with van der Waals surface area (Å²) in [7, 11) is 1.56. The fourth-order valence-corrected chi connectivity index (χ4v) is 3.73. The normalized spacial score (nSPS) is 17.6. The third-order valence-electron chi connectivity index (χ3n) is 5.33. The quantitative estimate of drug-likeness (QED) is 0.710. The van der Waals surface area contributed by atoms with Crippen molar-refractivity contribution in [1.82, 2.24) is 9.80 Å². The minimum absolute atomic E-state index is 0.276. The smallest absolute Gasteiger partial charge is 0.278 e. The molecule has 1 N–H and O–H groups in total. The molecule has 0 unspecified atom stereocenters. The molecule has 2 amide bonds. The Balaban J connectivity index is 1.65. The molecule has 1 saturated heterocycles. The number of benzene rings is 2. The van der Waals surface area contributed by atoms with Gasteiger partial charge in [0.15, 0.2) is 0 Å². The second-order valence-corrected chi connectivity index (χ2v) is 7.16. The van der Waals surface area contributed by atoms with Crippen LogP contribution in [0.4, 0.5) is 5.69 Å². The molecule has 7 nitrogen and oxygen atoms in total. The van der Waals surface area contributed by atoms with Crippen molar-refractivity contribution < 1.29 is 19.1 Å². The fourth-order valence-electron chi connectivity index (χ4n) is 3.73. The summed E-state index contributed by atoms with van der Waals surface area (Å²) in [5.74, 6) is -0.0785. The largest absolute Gasteiger partial charge is 0.496 e. The second kappa shape index (κ2) is 9.11. The van der Waals surface area contributed by atoms with E-state index in [1.54, 1.807) is 19.2 Å². The number of rotatable bonds is 7. The van der Waals surface area contributed by atoms with Crippen molar-refractivity contribution in [3.05, 3.63) is 65.9 Å². The van der Waals surface area contributed by atoms with Crippen LogP contribution in [0.1, 0.15) is 5.56 Å². The van der Waals surface area contributed by atoms with Gasteiger partial charge in [0.05, 0.1) is 25.9 Å². The lowest BCUT2D eigenvalue weighted by molar-refractivity contribution is -0.137. The first kappa shape index (κ1) is 20.1. The summed E-state index contributed by atoms with van der Waals surface area (Å²) in [5, 5.41) is 3.17. The van der Waals surface area contributed by atoms with Gasteiger partial charge in [0.1, 0.15) is 11.4 Å². The average Bonchev–Trinajstić information content (AvgIpc) is 3.02. The van der Waals surface area contributed by atoms with Crippen molar-refractivity contribution in [2.45, 2.75) is 0 Å². The number of amides is 2. The first-order chi connectivity index (χ1) is 14.7. The minimum Gasteiger partial charge on any atom is -0.496 e. The molecule has 0 atom stereocenters. The van der Waals surface area contributed by atoms with E-state index in [9.17, 15) is 9.59 Å². The van der Waals surface area contributed by atoms with Crippen molar-refractivity contribution in [2.24, 2.45) is 0 Å². The van der Waals surface area contributed by atoms with E-state index >= 15 is 0 Å². The van der Waals surface area contributed by atoms with Gasteiger partial charge in [-0.25, -0.2) is 0 Å². The van der Waals surface area contributed by atoms with Crippen molar-refractivity contribution >= 4 is 23.1 Å². The lowest BCUT2D eigenvalue weighted by Crippen LogP contribution is -2.43. The number of carbonyl (C=O) groups is 2. The molecule has 0 aliphatic carbocycles. The highest BCUT2D eigenvalue weighted by molar-refractivity contribution is 6.37. The fraction of sp³-hybridized carbons (Fsp3) is 0.304. The number of para-hydroxylation sites is 2. The zero-order valence-electron chi connectivity index (χ0n) is 17.0. The minimum atomic E-state index is -0.321. The molecule has 1 fully saturated rings. The molecule has 2 aliphatic rings. The van der Waals surface area contributed by atoms with Crippen molar-refractivity contribution in [3.63, 3.8) is 0 Å². The summed E-state index contributed by atoms with van der Waals surface area (Å²) in [6.07, 6.45) is 0. The van der Waals surface area contributed by atoms with Gasteiger partial charge in [-0.2, -0.15) is 0 Å². The van der Waals surface area contributed by atoms with Gasteiger partial charge in [-0.1, -0.05) is 36.4 Å². The van der Waals surface area contributed by atoms with Crippen LogP contribution in [0.25, 0.3) is 5.57 Å². The monoisotopic (exact) mass is 407 g/mol. The van der Waals surface area contributed by atoms with Crippen molar-refractivity contribution in [3.8, 4) is 5.75 Å². The molecule has 2 heterocycles. The Morgan fingerprint density at radius 1 is 0.933 bits per heavy atom. The molecule has 7 heteroatoms. The molecule has 2 aromatic rings. The summed E-state index contributed by atoms with van der Waals surface area (Å²) in [6.45, 7) is 3.91. The van der Waals surface area contributed by atoms with Gasteiger partial charge in [-0.15, -0.1) is 0 Å². The molecule has 2 aliphatic heterocycles. The van der Waals surface area contributed by atoms with Crippen LogP contribution in [-0.2, 0) is 14.3 Å². The zero-order chi connectivity index (χ0) is 20.9. The molecule has 156 valence electrons. The summed E-state index contributed by atoms with van der Waals surface area (Å²) >= 11 is 0. The lowest BCUT2D eigenvalue weighted by Gasteiger charge is -2.28. The second-order valence-electron chi connectivity index (χ2n) is 7.16. The summed E-state index contributed by atoms with van der Waals surface area (Å²) in [4.78, 5) is 30.2. The summed E-state index contributed by atoms with van der Waals surface area (Å²) in [6, 6.07) is 16.6. The Bertz CT molecular complexity index is 952. The van der Waals surface area contributed by atoms with Gasteiger partial charge >= 0.3 is 0 Å². The molecule has 30 heavy (non-hydrogen) atoms. The number of anilines is 1. The number of morpholine rings is 1. The van der Waals surface area contributed by atoms with Crippen LogP contribution in [0.15, 0.2) is 60.3 Å². The van der Waals surface area contributed by atoms with Crippen LogP contribution < -0.4 is 10.1 Å². The molecule has 2 aromatic carbocycles. The number of hydrogen-bond acceptors (Lipinski definition) is 6. The van der Waals surface area contributed by atoms with E-state index < -0.39 is 0 Å². The maximum absolute atomic E-state index is 13.4. The summed E-state index contributed by atoms with van der Waals surface area (Å²) in [5.41, 5.74) is 1.96. The van der Waals surface area contributed by atoms with Gasteiger partial charge in [0, 0.05) is 37.4 Å². The first-order valence-electron chi connectivity index (χ1n) is 10.0. The van der Waals surface area contributed by atoms with E-state index in [2.05, 4.69) is 10.2 Å². The number of methoxy groups -OCH3 is 1. The Morgan fingerprint density at radius 2 is 1.63 bits per heavy atom. The highest BCUT2D eigenvalue weighted by atomic mass is 16.5. The van der Waals surface area contributed by atoms with Crippen LogP contribution in [0, 0.1) is 0 Å². The number of carbonyl (C=O) groups excluding carboxylic acids is 2.